The first kappa shape index (κ1) is 16.2. The molecule has 0 aliphatic carbocycles. The highest BCUT2D eigenvalue weighted by Crippen LogP contribution is 2.37. The SMILES string of the molecule is CC1(C)CSCC(N(CCCC(=O)O)c2ccccc2)C1. The number of hydrogen-bond acceptors (Lipinski definition) is 3. The summed E-state index contributed by atoms with van der Waals surface area (Å²) in [7, 11) is 0. The molecular weight excluding hydrogens is 282 g/mol. The van der Waals surface area contributed by atoms with Gasteiger partial charge in [-0.2, -0.15) is 11.8 Å². The molecule has 0 saturated carbocycles. The van der Waals surface area contributed by atoms with Gasteiger partial charge in [0.15, 0.2) is 0 Å². The Labute approximate surface area is 131 Å². The van der Waals surface area contributed by atoms with Crippen molar-refractivity contribution in [3.8, 4) is 0 Å². The molecule has 3 nitrogen and oxygen atoms in total. The second-order valence-electron chi connectivity index (χ2n) is 6.56. The van der Waals surface area contributed by atoms with Crippen molar-refractivity contribution in [1.29, 1.82) is 0 Å². The van der Waals surface area contributed by atoms with E-state index in [-0.39, 0.29) is 6.42 Å². The van der Waals surface area contributed by atoms with Crippen molar-refractivity contribution in [1.82, 2.24) is 0 Å². The summed E-state index contributed by atoms with van der Waals surface area (Å²) < 4.78 is 0. The van der Waals surface area contributed by atoms with E-state index in [1.54, 1.807) is 0 Å². The van der Waals surface area contributed by atoms with Gasteiger partial charge in [0.05, 0.1) is 0 Å². The van der Waals surface area contributed by atoms with Crippen LogP contribution in [0.4, 0.5) is 5.69 Å². The number of para-hydroxylation sites is 1. The van der Waals surface area contributed by atoms with E-state index in [0.29, 0.717) is 17.9 Å². The molecule has 1 atom stereocenters. The lowest BCUT2D eigenvalue weighted by molar-refractivity contribution is -0.137. The van der Waals surface area contributed by atoms with E-state index in [1.165, 1.54) is 17.9 Å². The van der Waals surface area contributed by atoms with E-state index < -0.39 is 5.97 Å². The Morgan fingerprint density at radius 3 is 2.71 bits per heavy atom. The molecule has 0 bridgehead atoms. The third-order valence-corrected chi connectivity index (χ3v) is 5.52. The van der Waals surface area contributed by atoms with E-state index in [4.69, 9.17) is 5.11 Å². The maximum atomic E-state index is 10.8. The quantitative estimate of drug-likeness (QED) is 0.865. The minimum absolute atomic E-state index is 0.243. The molecule has 0 radical (unpaired) electrons. The van der Waals surface area contributed by atoms with Crippen molar-refractivity contribution in [2.75, 3.05) is 23.0 Å². The Bertz CT molecular complexity index is 461. The highest BCUT2D eigenvalue weighted by molar-refractivity contribution is 7.99. The van der Waals surface area contributed by atoms with Crippen LogP contribution < -0.4 is 4.90 Å². The topological polar surface area (TPSA) is 40.5 Å². The molecule has 1 saturated heterocycles. The van der Waals surface area contributed by atoms with Crippen molar-refractivity contribution in [2.24, 2.45) is 5.41 Å². The van der Waals surface area contributed by atoms with E-state index in [1.807, 2.05) is 17.8 Å². The largest absolute Gasteiger partial charge is 0.481 e. The summed E-state index contributed by atoms with van der Waals surface area (Å²) in [6.45, 7) is 5.47. The van der Waals surface area contributed by atoms with Gasteiger partial charge in [-0.05, 0) is 36.1 Å². The molecule has 1 aromatic rings. The zero-order valence-corrected chi connectivity index (χ0v) is 13.7. The van der Waals surface area contributed by atoms with E-state index in [9.17, 15) is 4.79 Å². The molecule has 0 spiro atoms. The Balaban J connectivity index is 2.09. The first-order valence-corrected chi connectivity index (χ1v) is 8.75. The Morgan fingerprint density at radius 1 is 1.38 bits per heavy atom. The average molecular weight is 307 g/mol. The lowest BCUT2D eigenvalue weighted by atomic mass is 9.87. The summed E-state index contributed by atoms with van der Waals surface area (Å²) in [5, 5.41) is 8.87. The number of carbonyl (C=O) groups is 1. The molecule has 1 aliphatic rings. The number of aliphatic carboxylic acids is 1. The van der Waals surface area contributed by atoms with Gasteiger partial charge in [0.2, 0.25) is 0 Å². The lowest BCUT2D eigenvalue weighted by Gasteiger charge is -2.42. The number of rotatable bonds is 6. The highest BCUT2D eigenvalue weighted by Gasteiger charge is 2.31. The molecule has 1 N–H and O–H groups in total. The second kappa shape index (κ2) is 7.21. The zero-order chi connectivity index (χ0) is 15.3. The number of carboxylic acid groups (broad SMARTS) is 1. The number of anilines is 1. The molecule has 0 amide bonds. The van der Waals surface area contributed by atoms with Gasteiger partial charge in [-0.1, -0.05) is 32.0 Å². The standard InChI is InChI=1S/C17H25NO2S/c1-17(2)11-15(12-21-13-17)18(10-6-9-16(19)20)14-7-4-3-5-8-14/h3-5,7-8,15H,6,9-13H2,1-2H3,(H,19,20). The summed E-state index contributed by atoms with van der Waals surface area (Å²) in [5.41, 5.74) is 1.57. The molecule has 21 heavy (non-hydrogen) atoms. The fraction of sp³-hybridized carbons (Fsp3) is 0.588. The van der Waals surface area contributed by atoms with Crippen LogP contribution in [0.1, 0.15) is 33.1 Å². The van der Waals surface area contributed by atoms with Crippen LogP contribution in [0.25, 0.3) is 0 Å². The van der Waals surface area contributed by atoms with Crippen LogP contribution in [0.15, 0.2) is 30.3 Å². The van der Waals surface area contributed by atoms with Crippen LogP contribution in [0, 0.1) is 5.41 Å². The maximum absolute atomic E-state index is 10.8. The zero-order valence-electron chi connectivity index (χ0n) is 12.9. The second-order valence-corrected chi connectivity index (χ2v) is 7.59. The summed E-state index contributed by atoms with van der Waals surface area (Å²) in [5.74, 6) is 1.63. The Kier molecular flexibility index (Phi) is 5.57. The smallest absolute Gasteiger partial charge is 0.303 e. The molecule has 1 aromatic carbocycles. The number of thioether (sulfide) groups is 1. The first-order chi connectivity index (χ1) is 9.98. The van der Waals surface area contributed by atoms with Crippen LogP contribution in [-0.2, 0) is 4.79 Å². The number of nitrogens with zero attached hydrogens (tertiary/aromatic N) is 1. The van der Waals surface area contributed by atoms with Crippen LogP contribution in [0.2, 0.25) is 0 Å². The van der Waals surface area contributed by atoms with Gasteiger partial charge >= 0.3 is 5.97 Å². The molecule has 1 fully saturated rings. The van der Waals surface area contributed by atoms with Crippen molar-refractivity contribution in [3.05, 3.63) is 30.3 Å². The fourth-order valence-electron chi connectivity index (χ4n) is 2.97. The van der Waals surface area contributed by atoms with Crippen molar-refractivity contribution in [2.45, 2.75) is 39.2 Å². The van der Waals surface area contributed by atoms with Crippen LogP contribution >= 0.6 is 11.8 Å². The van der Waals surface area contributed by atoms with Crippen molar-refractivity contribution < 1.29 is 9.90 Å². The fourth-order valence-corrected chi connectivity index (χ4v) is 4.33. The third kappa shape index (κ3) is 4.95. The first-order valence-electron chi connectivity index (χ1n) is 7.59. The third-order valence-electron chi connectivity index (χ3n) is 3.91. The average Bonchev–Trinajstić information content (AvgIpc) is 2.43. The minimum Gasteiger partial charge on any atom is -0.481 e. The highest BCUT2D eigenvalue weighted by atomic mass is 32.2. The van der Waals surface area contributed by atoms with E-state index >= 15 is 0 Å². The normalized spacial score (nSPS) is 21.0. The van der Waals surface area contributed by atoms with Gasteiger partial charge in [0, 0.05) is 30.4 Å². The summed E-state index contributed by atoms with van der Waals surface area (Å²) in [6.07, 6.45) is 2.11. The molecule has 1 unspecified atom stereocenters. The van der Waals surface area contributed by atoms with Gasteiger partial charge in [0.25, 0.3) is 0 Å². The summed E-state index contributed by atoms with van der Waals surface area (Å²) >= 11 is 2.01. The van der Waals surface area contributed by atoms with Gasteiger partial charge in [-0.25, -0.2) is 0 Å². The lowest BCUT2D eigenvalue weighted by Crippen LogP contribution is -2.44. The molecule has 4 heteroatoms. The molecule has 116 valence electrons. The van der Waals surface area contributed by atoms with Gasteiger partial charge in [-0.3, -0.25) is 4.79 Å². The monoisotopic (exact) mass is 307 g/mol. The number of carboxylic acids is 1. The Morgan fingerprint density at radius 2 is 2.10 bits per heavy atom. The molecule has 0 aromatic heterocycles. The van der Waals surface area contributed by atoms with Gasteiger partial charge in [0.1, 0.15) is 0 Å². The minimum atomic E-state index is -0.707. The van der Waals surface area contributed by atoms with E-state index in [2.05, 4.69) is 43.0 Å². The number of hydrogen-bond donors (Lipinski definition) is 1. The molecular formula is C17H25NO2S. The van der Waals surface area contributed by atoms with Crippen LogP contribution in [0.3, 0.4) is 0 Å². The predicted molar refractivity (Wildman–Crippen MR) is 90.2 cm³/mol. The maximum Gasteiger partial charge on any atom is 0.303 e. The Hall–Kier alpha value is -1.16. The van der Waals surface area contributed by atoms with Gasteiger partial charge in [-0.15, -0.1) is 0 Å². The summed E-state index contributed by atoms with van der Waals surface area (Å²) in [6, 6.07) is 10.9. The van der Waals surface area contributed by atoms with Gasteiger partial charge < -0.3 is 10.0 Å². The van der Waals surface area contributed by atoms with Crippen LogP contribution in [0.5, 0.6) is 0 Å². The molecule has 1 aliphatic heterocycles. The summed E-state index contributed by atoms with van der Waals surface area (Å²) in [4.78, 5) is 13.2. The van der Waals surface area contributed by atoms with Crippen LogP contribution in [-0.4, -0.2) is 35.2 Å². The molecule has 1 heterocycles. The van der Waals surface area contributed by atoms with E-state index in [0.717, 1.165) is 12.3 Å². The predicted octanol–water partition coefficient (Wildman–Crippen LogP) is 3.89. The van der Waals surface area contributed by atoms with Crippen molar-refractivity contribution >= 4 is 23.4 Å². The molecule has 2 rings (SSSR count). The van der Waals surface area contributed by atoms with Crippen molar-refractivity contribution in [3.63, 3.8) is 0 Å². The number of benzene rings is 1.